The lowest BCUT2D eigenvalue weighted by molar-refractivity contribution is -0.262. The molecule has 0 radical (unpaired) electrons. The zero-order valence-electron chi connectivity index (χ0n) is 19.9. The van der Waals surface area contributed by atoms with Crippen molar-refractivity contribution >= 4 is 17.9 Å². The summed E-state index contributed by atoms with van der Waals surface area (Å²) in [4.78, 5) is 25.8. The maximum Gasteiger partial charge on any atom is 0.244 e. The second-order valence-corrected chi connectivity index (χ2v) is 8.36. The number of rotatable bonds is 10. The molecule has 5 N–H and O–H groups in total. The summed E-state index contributed by atoms with van der Waals surface area (Å²) in [6.07, 6.45) is 1.58. The molecule has 0 aromatic heterocycles. The van der Waals surface area contributed by atoms with Crippen LogP contribution in [0.5, 0.6) is 0 Å². The molecule has 0 bridgehead atoms. The van der Waals surface area contributed by atoms with Gasteiger partial charge in [-0.15, -0.1) is 0 Å². The summed E-state index contributed by atoms with van der Waals surface area (Å²) in [6, 6.07) is 16.6. The number of hydrogen-bond donors (Lipinski definition) is 5. The molecule has 3 rings (SSSR count). The van der Waals surface area contributed by atoms with Gasteiger partial charge >= 0.3 is 0 Å². The molecule has 0 aliphatic carbocycles. The monoisotopic (exact) mass is 496 g/mol. The zero-order valence-corrected chi connectivity index (χ0v) is 19.9. The van der Waals surface area contributed by atoms with Gasteiger partial charge in [0.15, 0.2) is 6.29 Å². The van der Waals surface area contributed by atoms with Crippen LogP contribution >= 0.6 is 0 Å². The minimum Gasteiger partial charge on any atom is -0.394 e. The fraction of sp³-hybridized carbons (Fsp3) is 0.333. The van der Waals surface area contributed by atoms with E-state index in [0.29, 0.717) is 0 Å². The molecule has 36 heavy (non-hydrogen) atoms. The van der Waals surface area contributed by atoms with Crippen LogP contribution in [0.4, 0.5) is 0 Å². The van der Waals surface area contributed by atoms with Gasteiger partial charge in [-0.1, -0.05) is 78.9 Å². The van der Waals surface area contributed by atoms with Crippen molar-refractivity contribution in [3.63, 3.8) is 0 Å². The predicted molar refractivity (Wildman–Crippen MR) is 133 cm³/mol. The largest absolute Gasteiger partial charge is 0.394 e. The number of carbonyl (C=O) groups excluding carboxylic acids is 2. The van der Waals surface area contributed by atoms with Crippen LogP contribution in [0.25, 0.3) is 6.08 Å². The third-order valence-corrected chi connectivity index (χ3v) is 5.78. The smallest absolute Gasteiger partial charge is 0.244 e. The quantitative estimate of drug-likeness (QED) is 0.239. The van der Waals surface area contributed by atoms with Crippen molar-refractivity contribution in [3.8, 4) is 0 Å². The second-order valence-electron chi connectivity index (χ2n) is 8.36. The van der Waals surface area contributed by atoms with Crippen molar-refractivity contribution in [2.24, 2.45) is 0 Å². The number of aliphatic hydroxyl groups excluding tert-OH is 3. The molecule has 1 saturated heterocycles. The van der Waals surface area contributed by atoms with E-state index in [1.807, 2.05) is 66.7 Å². The lowest BCUT2D eigenvalue weighted by atomic mass is 9.96. The lowest BCUT2D eigenvalue weighted by Crippen LogP contribution is -2.66. The number of methoxy groups -OCH3 is 1. The van der Waals surface area contributed by atoms with Crippen molar-refractivity contribution in [3.05, 3.63) is 90.0 Å². The number of aliphatic hydroxyl groups is 3. The van der Waals surface area contributed by atoms with Gasteiger partial charge in [0.05, 0.1) is 6.61 Å². The van der Waals surface area contributed by atoms with Crippen molar-refractivity contribution in [1.82, 2.24) is 10.6 Å². The standard InChI is InChI=1S/C27H32N2O7/c1-35-27-23(25(33)24(32)21(17-30)36-27)29-26(34)20(16-19-13-6-3-7-14-19)28-22(31)15-9-8-12-18-10-4-2-5-11-18/h2-15,20-21,23-25,27,30,32-33H,16-17H2,1H3,(H,28,31)(H,29,34)/b12-8+,15-9+/t20-,21?,23?,24?,25?,27?/m0/s1. The van der Waals surface area contributed by atoms with E-state index in [0.717, 1.165) is 11.1 Å². The molecule has 5 unspecified atom stereocenters. The van der Waals surface area contributed by atoms with E-state index in [4.69, 9.17) is 9.47 Å². The van der Waals surface area contributed by atoms with Crippen LogP contribution in [0.1, 0.15) is 11.1 Å². The zero-order chi connectivity index (χ0) is 25.9. The summed E-state index contributed by atoms with van der Waals surface area (Å²) in [5.41, 5.74) is 1.80. The minimum atomic E-state index is -1.46. The SMILES string of the molecule is COC1OC(CO)C(O)C(O)C1NC(=O)[C@H](Cc1ccccc1)NC(=O)/C=C/C=C/c1ccccc1. The van der Waals surface area contributed by atoms with Crippen LogP contribution in [-0.4, -0.2) is 77.5 Å². The van der Waals surface area contributed by atoms with E-state index in [9.17, 15) is 24.9 Å². The number of ether oxygens (including phenoxy) is 2. The van der Waals surface area contributed by atoms with Crippen LogP contribution in [0.3, 0.4) is 0 Å². The summed E-state index contributed by atoms with van der Waals surface area (Å²) < 4.78 is 10.7. The van der Waals surface area contributed by atoms with Crippen molar-refractivity contribution < 1.29 is 34.4 Å². The first kappa shape index (κ1) is 27.3. The molecule has 9 heteroatoms. The average molecular weight is 497 g/mol. The molecule has 2 amide bonds. The minimum absolute atomic E-state index is 0.190. The molecule has 1 fully saturated rings. The third-order valence-electron chi connectivity index (χ3n) is 5.78. The van der Waals surface area contributed by atoms with E-state index >= 15 is 0 Å². The maximum atomic E-state index is 13.2. The first-order valence-corrected chi connectivity index (χ1v) is 11.6. The molecule has 9 nitrogen and oxygen atoms in total. The van der Waals surface area contributed by atoms with Crippen LogP contribution in [0.15, 0.2) is 78.9 Å². The summed E-state index contributed by atoms with van der Waals surface area (Å²) in [5.74, 6) is -1.07. The Morgan fingerprint density at radius 3 is 2.33 bits per heavy atom. The molecular formula is C27H32N2O7. The van der Waals surface area contributed by atoms with E-state index in [1.54, 1.807) is 12.2 Å². The Labute approximate surface area is 210 Å². The van der Waals surface area contributed by atoms with Crippen LogP contribution in [-0.2, 0) is 25.5 Å². The molecular weight excluding hydrogens is 464 g/mol. The molecule has 1 heterocycles. The number of carbonyl (C=O) groups is 2. The highest BCUT2D eigenvalue weighted by atomic mass is 16.7. The summed E-state index contributed by atoms with van der Waals surface area (Å²) in [7, 11) is 1.32. The molecule has 0 saturated carbocycles. The van der Waals surface area contributed by atoms with Gasteiger partial charge in [0, 0.05) is 19.6 Å². The molecule has 2 aromatic carbocycles. The number of benzene rings is 2. The fourth-order valence-electron chi connectivity index (χ4n) is 3.85. The molecule has 192 valence electrons. The Bertz CT molecular complexity index is 1030. The predicted octanol–water partition coefficient (Wildman–Crippen LogP) is 0.554. The van der Waals surface area contributed by atoms with E-state index < -0.39 is 55.1 Å². The van der Waals surface area contributed by atoms with E-state index in [2.05, 4.69) is 10.6 Å². The third kappa shape index (κ3) is 7.58. The van der Waals surface area contributed by atoms with Gasteiger partial charge in [-0.3, -0.25) is 9.59 Å². The Hall–Kier alpha value is -3.34. The van der Waals surface area contributed by atoms with Gasteiger partial charge in [-0.05, 0) is 11.1 Å². The number of hydrogen-bond acceptors (Lipinski definition) is 7. The van der Waals surface area contributed by atoms with E-state index in [-0.39, 0.29) is 6.42 Å². The lowest BCUT2D eigenvalue weighted by Gasteiger charge is -2.42. The van der Waals surface area contributed by atoms with Crippen LogP contribution < -0.4 is 10.6 Å². The highest BCUT2D eigenvalue weighted by Gasteiger charge is 2.45. The number of amides is 2. The molecule has 1 aliphatic heterocycles. The molecule has 0 spiro atoms. The maximum absolute atomic E-state index is 13.2. The van der Waals surface area contributed by atoms with Gasteiger partial charge in [-0.25, -0.2) is 0 Å². The van der Waals surface area contributed by atoms with Gasteiger partial charge in [-0.2, -0.15) is 0 Å². The van der Waals surface area contributed by atoms with Gasteiger partial charge in [0.2, 0.25) is 11.8 Å². The highest BCUT2D eigenvalue weighted by molar-refractivity contribution is 5.93. The van der Waals surface area contributed by atoms with Crippen LogP contribution in [0, 0.1) is 0 Å². The van der Waals surface area contributed by atoms with Crippen molar-refractivity contribution in [1.29, 1.82) is 0 Å². The van der Waals surface area contributed by atoms with E-state index in [1.165, 1.54) is 13.2 Å². The number of nitrogens with one attached hydrogen (secondary N) is 2. The van der Waals surface area contributed by atoms with Crippen LogP contribution in [0.2, 0.25) is 0 Å². The van der Waals surface area contributed by atoms with Gasteiger partial charge in [0.25, 0.3) is 0 Å². The summed E-state index contributed by atoms with van der Waals surface area (Å²) in [5, 5.41) is 35.5. The highest BCUT2D eigenvalue weighted by Crippen LogP contribution is 2.22. The Morgan fingerprint density at radius 1 is 1.03 bits per heavy atom. The molecule has 6 atom stereocenters. The van der Waals surface area contributed by atoms with Gasteiger partial charge in [0.1, 0.15) is 30.4 Å². The summed E-state index contributed by atoms with van der Waals surface area (Å²) >= 11 is 0. The number of allylic oxidation sites excluding steroid dienone is 2. The Kier molecular flexibility index (Phi) is 10.3. The molecule has 1 aliphatic rings. The van der Waals surface area contributed by atoms with Crippen molar-refractivity contribution in [2.45, 2.75) is 43.1 Å². The Morgan fingerprint density at radius 2 is 1.69 bits per heavy atom. The van der Waals surface area contributed by atoms with Crippen molar-refractivity contribution in [2.75, 3.05) is 13.7 Å². The first-order chi connectivity index (χ1) is 17.4. The first-order valence-electron chi connectivity index (χ1n) is 11.6. The van der Waals surface area contributed by atoms with Gasteiger partial charge < -0.3 is 35.4 Å². The topological polar surface area (TPSA) is 137 Å². The molecule has 2 aromatic rings. The Balaban J connectivity index is 1.70. The summed E-state index contributed by atoms with van der Waals surface area (Å²) in [6.45, 7) is -0.531. The fourth-order valence-corrected chi connectivity index (χ4v) is 3.85. The second kappa shape index (κ2) is 13.7. The normalized spacial score (nSPS) is 25.1. The average Bonchev–Trinajstić information content (AvgIpc) is 2.90.